The maximum atomic E-state index is 4.97. The second-order valence-corrected chi connectivity index (χ2v) is 3.35. The lowest BCUT2D eigenvalue weighted by molar-refractivity contribution is 0.184. The largest absolute Gasteiger partial charge is 0.380 e. The van der Waals surface area contributed by atoms with Crippen molar-refractivity contribution < 1.29 is 4.74 Å². The van der Waals surface area contributed by atoms with Crippen LogP contribution >= 0.6 is 0 Å². The highest BCUT2D eigenvalue weighted by Crippen LogP contribution is 2.04. The van der Waals surface area contributed by atoms with Crippen molar-refractivity contribution in [2.24, 2.45) is 0 Å². The fraction of sp³-hybridized carbons (Fsp3) is 0.556. The van der Waals surface area contributed by atoms with Gasteiger partial charge in [0.25, 0.3) is 0 Å². The number of hydrogen-bond donors (Lipinski definition) is 2. The van der Waals surface area contributed by atoms with Crippen LogP contribution < -0.4 is 10.6 Å². The number of ether oxygens (including phenoxy) is 1. The molecule has 5 nitrogen and oxygen atoms in total. The van der Waals surface area contributed by atoms with E-state index in [1.807, 2.05) is 0 Å². The van der Waals surface area contributed by atoms with Gasteiger partial charge in [-0.3, -0.25) is 0 Å². The van der Waals surface area contributed by atoms with Gasteiger partial charge in [0, 0.05) is 38.2 Å². The van der Waals surface area contributed by atoms with Gasteiger partial charge in [0.1, 0.15) is 0 Å². The van der Waals surface area contributed by atoms with Crippen molar-refractivity contribution in [2.45, 2.75) is 12.6 Å². The molecule has 76 valence electrons. The second-order valence-electron chi connectivity index (χ2n) is 3.35. The van der Waals surface area contributed by atoms with E-state index in [9.17, 15) is 0 Å². The minimum Gasteiger partial charge on any atom is -0.380 e. The molecule has 2 rings (SSSR count). The molecule has 5 heteroatoms. The Morgan fingerprint density at radius 3 is 2.71 bits per heavy atom. The van der Waals surface area contributed by atoms with E-state index in [2.05, 4.69) is 20.6 Å². The average molecular weight is 194 g/mol. The monoisotopic (exact) mass is 194 g/mol. The van der Waals surface area contributed by atoms with Crippen molar-refractivity contribution in [3.63, 3.8) is 0 Å². The quantitative estimate of drug-likeness (QED) is 0.707. The fourth-order valence-corrected chi connectivity index (χ4v) is 1.24. The Bertz CT molecular complexity index is 283. The van der Waals surface area contributed by atoms with Crippen LogP contribution in [0.25, 0.3) is 0 Å². The van der Waals surface area contributed by atoms with Crippen molar-refractivity contribution in [1.82, 2.24) is 15.3 Å². The van der Waals surface area contributed by atoms with Crippen molar-refractivity contribution in [3.05, 3.63) is 18.0 Å². The summed E-state index contributed by atoms with van der Waals surface area (Å²) in [6, 6.07) is 0.475. The van der Waals surface area contributed by atoms with E-state index in [4.69, 9.17) is 4.74 Å². The first kappa shape index (κ1) is 9.36. The zero-order chi connectivity index (χ0) is 9.80. The molecule has 0 saturated carbocycles. The number of methoxy groups -OCH3 is 1. The molecular weight excluding hydrogens is 180 g/mol. The van der Waals surface area contributed by atoms with Gasteiger partial charge in [-0.1, -0.05) is 0 Å². The third-order valence-corrected chi connectivity index (χ3v) is 2.13. The van der Waals surface area contributed by atoms with Crippen LogP contribution in [-0.4, -0.2) is 36.2 Å². The lowest BCUT2D eigenvalue weighted by atomic mass is 10.2. The Hall–Kier alpha value is -1.20. The number of rotatable bonds is 4. The molecule has 0 aliphatic carbocycles. The van der Waals surface area contributed by atoms with Gasteiger partial charge in [0.15, 0.2) is 0 Å². The lowest BCUT2D eigenvalue weighted by Gasteiger charge is -2.27. The Labute approximate surface area is 82.9 Å². The predicted octanol–water partition coefficient (Wildman–Crippen LogP) is 0.00670. The van der Waals surface area contributed by atoms with Crippen LogP contribution in [0, 0.1) is 0 Å². The van der Waals surface area contributed by atoms with E-state index >= 15 is 0 Å². The molecule has 2 N–H and O–H groups in total. The number of aromatic nitrogens is 2. The van der Waals surface area contributed by atoms with Crippen molar-refractivity contribution in [2.75, 3.05) is 25.5 Å². The SMILES string of the molecule is COCc1cnc(NC2CNC2)nc1. The molecule has 1 aromatic rings. The predicted molar refractivity (Wildman–Crippen MR) is 53.0 cm³/mol. The molecule has 1 aliphatic rings. The van der Waals surface area contributed by atoms with Crippen LogP contribution in [0.1, 0.15) is 5.56 Å². The fourth-order valence-electron chi connectivity index (χ4n) is 1.24. The second kappa shape index (κ2) is 4.34. The smallest absolute Gasteiger partial charge is 0.222 e. The molecule has 0 unspecified atom stereocenters. The summed E-state index contributed by atoms with van der Waals surface area (Å²) < 4.78 is 4.97. The maximum absolute atomic E-state index is 4.97. The third-order valence-electron chi connectivity index (χ3n) is 2.13. The van der Waals surface area contributed by atoms with E-state index in [1.165, 1.54) is 0 Å². The van der Waals surface area contributed by atoms with Crippen LogP contribution in [0.3, 0.4) is 0 Å². The molecule has 0 aromatic carbocycles. The van der Waals surface area contributed by atoms with Gasteiger partial charge in [-0.25, -0.2) is 9.97 Å². The molecule has 14 heavy (non-hydrogen) atoms. The standard InChI is InChI=1S/C9H14N4O/c1-14-6-7-2-11-9(12-3-7)13-8-4-10-5-8/h2-3,8,10H,4-6H2,1H3,(H,11,12,13). The number of nitrogens with one attached hydrogen (secondary N) is 2. The van der Waals surface area contributed by atoms with E-state index in [-0.39, 0.29) is 0 Å². The third kappa shape index (κ3) is 2.18. The molecule has 0 radical (unpaired) electrons. The topological polar surface area (TPSA) is 59.1 Å². The Morgan fingerprint density at radius 1 is 1.50 bits per heavy atom. The molecule has 0 atom stereocenters. The zero-order valence-corrected chi connectivity index (χ0v) is 8.16. The molecule has 0 amide bonds. The van der Waals surface area contributed by atoms with E-state index < -0.39 is 0 Å². The van der Waals surface area contributed by atoms with E-state index in [0.29, 0.717) is 18.6 Å². The van der Waals surface area contributed by atoms with Crippen LogP contribution in [0.2, 0.25) is 0 Å². The first-order chi connectivity index (χ1) is 6.88. The van der Waals surface area contributed by atoms with Crippen LogP contribution in [0.15, 0.2) is 12.4 Å². The van der Waals surface area contributed by atoms with Gasteiger partial charge in [-0.2, -0.15) is 0 Å². The minimum absolute atomic E-state index is 0.475. The number of anilines is 1. The number of nitrogens with zero attached hydrogens (tertiary/aromatic N) is 2. The summed E-state index contributed by atoms with van der Waals surface area (Å²) in [7, 11) is 1.66. The van der Waals surface area contributed by atoms with Gasteiger partial charge < -0.3 is 15.4 Å². The Balaban J connectivity index is 1.91. The van der Waals surface area contributed by atoms with Gasteiger partial charge >= 0.3 is 0 Å². The van der Waals surface area contributed by atoms with Gasteiger partial charge in [-0.05, 0) is 0 Å². The van der Waals surface area contributed by atoms with Crippen molar-refractivity contribution in [3.8, 4) is 0 Å². The van der Waals surface area contributed by atoms with Crippen LogP contribution in [0.5, 0.6) is 0 Å². The summed E-state index contributed by atoms with van der Waals surface area (Å²) >= 11 is 0. The Kier molecular flexibility index (Phi) is 2.90. The van der Waals surface area contributed by atoms with Gasteiger partial charge in [-0.15, -0.1) is 0 Å². The summed E-state index contributed by atoms with van der Waals surface area (Å²) in [5.41, 5.74) is 0.991. The molecular formula is C9H14N4O. The molecule has 1 aromatic heterocycles. The van der Waals surface area contributed by atoms with E-state index in [1.54, 1.807) is 19.5 Å². The average Bonchev–Trinajstić information content (AvgIpc) is 2.14. The highest BCUT2D eigenvalue weighted by atomic mass is 16.5. The molecule has 0 spiro atoms. The van der Waals surface area contributed by atoms with Gasteiger partial charge in [0.2, 0.25) is 5.95 Å². The van der Waals surface area contributed by atoms with Crippen molar-refractivity contribution in [1.29, 1.82) is 0 Å². The first-order valence-electron chi connectivity index (χ1n) is 4.65. The molecule has 1 aliphatic heterocycles. The summed E-state index contributed by atoms with van der Waals surface area (Å²) in [6.07, 6.45) is 3.57. The molecule has 2 heterocycles. The van der Waals surface area contributed by atoms with Gasteiger partial charge in [0.05, 0.1) is 12.6 Å². The van der Waals surface area contributed by atoms with Crippen LogP contribution in [-0.2, 0) is 11.3 Å². The van der Waals surface area contributed by atoms with Crippen LogP contribution in [0.4, 0.5) is 5.95 Å². The summed E-state index contributed by atoms with van der Waals surface area (Å²) in [5.74, 6) is 0.691. The minimum atomic E-state index is 0.475. The first-order valence-corrected chi connectivity index (χ1v) is 4.65. The molecule has 1 saturated heterocycles. The highest BCUT2D eigenvalue weighted by molar-refractivity contribution is 5.27. The zero-order valence-electron chi connectivity index (χ0n) is 8.16. The highest BCUT2D eigenvalue weighted by Gasteiger charge is 2.16. The molecule has 0 bridgehead atoms. The van der Waals surface area contributed by atoms with E-state index in [0.717, 1.165) is 18.7 Å². The maximum Gasteiger partial charge on any atom is 0.222 e. The number of hydrogen-bond acceptors (Lipinski definition) is 5. The Morgan fingerprint density at radius 2 is 2.21 bits per heavy atom. The lowest BCUT2D eigenvalue weighted by Crippen LogP contribution is -2.51. The molecule has 1 fully saturated rings. The normalized spacial score (nSPS) is 16.4. The summed E-state index contributed by atoms with van der Waals surface area (Å²) in [6.45, 7) is 2.54. The summed E-state index contributed by atoms with van der Waals surface area (Å²) in [4.78, 5) is 8.38. The van der Waals surface area contributed by atoms with Crippen molar-refractivity contribution >= 4 is 5.95 Å². The summed E-state index contributed by atoms with van der Waals surface area (Å²) in [5, 5.41) is 6.40.